The third kappa shape index (κ3) is 5.98. The monoisotopic (exact) mass is 290 g/mol. The molecule has 0 heterocycles. The van der Waals surface area contributed by atoms with Crippen molar-refractivity contribution in [1.29, 1.82) is 0 Å². The number of amides is 2. The molecule has 2 N–H and O–H groups in total. The third-order valence-electron chi connectivity index (χ3n) is 3.46. The van der Waals surface area contributed by atoms with E-state index in [2.05, 4.69) is 55.7 Å². The average Bonchev–Trinajstić information content (AvgIpc) is 2.44. The first kappa shape index (κ1) is 17.2. The lowest BCUT2D eigenvalue weighted by molar-refractivity contribution is -0.122. The molecule has 0 aromatic heterocycles. The molecule has 4 heteroatoms. The molecule has 0 aliphatic heterocycles. The summed E-state index contributed by atoms with van der Waals surface area (Å²) in [6.45, 7) is 8.13. The summed E-state index contributed by atoms with van der Waals surface area (Å²) < 4.78 is 0. The van der Waals surface area contributed by atoms with Gasteiger partial charge in [0.2, 0.25) is 11.8 Å². The molecule has 1 aromatic carbocycles. The maximum atomic E-state index is 12.0. The number of carbonyl (C=O) groups is 2. The van der Waals surface area contributed by atoms with Crippen molar-refractivity contribution in [2.24, 2.45) is 5.92 Å². The summed E-state index contributed by atoms with van der Waals surface area (Å²) in [4.78, 5) is 22.8. The fourth-order valence-corrected chi connectivity index (χ4v) is 2.19. The van der Waals surface area contributed by atoms with Gasteiger partial charge < -0.3 is 10.6 Å². The van der Waals surface area contributed by atoms with Crippen LogP contribution in [0.1, 0.15) is 51.3 Å². The van der Waals surface area contributed by atoms with E-state index >= 15 is 0 Å². The molecule has 0 aliphatic rings. The Labute approximate surface area is 127 Å². The summed E-state index contributed by atoms with van der Waals surface area (Å²) in [5.74, 6) is 0.155. The Morgan fingerprint density at radius 1 is 1.14 bits per heavy atom. The number of carbonyl (C=O) groups excluding carboxylic acids is 2. The molecule has 0 spiro atoms. The van der Waals surface area contributed by atoms with Gasteiger partial charge in [0, 0.05) is 19.9 Å². The molecule has 0 saturated carbocycles. The lowest BCUT2D eigenvalue weighted by Crippen LogP contribution is -2.34. The Bertz CT molecular complexity index is 466. The smallest absolute Gasteiger partial charge is 0.222 e. The SMILES string of the molecule is CCc1ccc([C@@H](NC(=O)CCNC(C)=O)C(C)C)cc1. The molecule has 1 aromatic rings. The van der Waals surface area contributed by atoms with E-state index in [0.717, 1.165) is 12.0 Å². The number of hydrogen-bond donors (Lipinski definition) is 2. The van der Waals surface area contributed by atoms with E-state index in [4.69, 9.17) is 0 Å². The second-order valence-corrected chi connectivity index (χ2v) is 5.62. The van der Waals surface area contributed by atoms with Gasteiger partial charge in [-0.1, -0.05) is 45.0 Å². The first-order valence-electron chi connectivity index (χ1n) is 7.56. The van der Waals surface area contributed by atoms with E-state index in [0.29, 0.717) is 18.9 Å². The van der Waals surface area contributed by atoms with Crippen molar-refractivity contribution in [1.82, 2.24) is 10.6 Å². The number of aryl methyl sites for hydroxylation is 1. The van der Waals surface area contributed by atoms with Crippen LogP contribution in [0.15, 0.2) is 24.3 Å². The predicted octanol–water partition coefficient (Wildman–Crippen LogP) is 2.59. The molecule has 1 atom stereocenters. The van der Waals surface area contributed by atoms with Crippen molar-refractivity contribution in [3.63, 3.8) is 0 Å². The molecule has 0 fully saturated rings. The molecule has 1 rings (SSSR count). The highest BCUT2D eigenvalue weighted by Gasteiger charge is 2.18. The van der Waals surface area contributed by atoms with E-state index in [9.17, 15) is 9.59 Å². The zero-order valence-electron chi connectivity index (χ0n) is 13.4. The minimum absolute atomic E-state index is 0.000680. The van der Waals surface area contributed by atoms with E-state index in [-0.39, 0.29) is 17.9 Å². The molecule has 2 amide bonds. The van der Waals surface area contributed by atoms with Gasteiger partial charge in [0.1, 0.15) is 0 Å². The molecule has 0 aliphatic carbocycles. The van der Waals surface area contributed by atoms with Crippen molar-refractivity contribution < 1.29 is 9.59 Å². The normalized spacial score (nSPS) is 12.0. The molecule has 0 unspecified atom stereocenters. The lowest BCUT2D eigenvalue weighted by Gasteiger charge is -2.23. The molecule has 0 bridgehead atoms. The quantitative estimate of drug-likeness (QED) is 0.811. The zero-order chi connectivity index (χ0) is 15.8. The van der Waals surface area contributed by atoms with Crippen molar-refractivity contribution in [2.75, 3.05) is 6.54 Å². The maximum Gasteiger partial charge on any atom is 0.222 e. The molecule has 4 nitrogen and oxygen atoms in total. The Morgan fingerprint density at radius 2 is 1.76 bits per heavy atom. The summed E-state index contributed by atoms with van der Waals surface area (Å²) in [7, 11) is 0. The van der Waals surface area contributed by atoms with Gasteiger partial charge in [-0.05, 0) is 23.5 Å². The van der Waals surface area contributed by atoms with Gasteiger partial charge in [0.25, 0.3) is 0 Å². The number of rotatable bonds is 7. The molecule has 0 radical (unpaired) electrons. The Hall–Kier alpha value is -1.84. The molecular formula is C17H26N2O2. The second kappa shape index (κ2) is 8.45. The minimum atomic E-state index is -0.113. The van der Waals surface area contributed by atoms with Crippen LogP contribution in [0.3, 0.4) is 0 Å². The van der Waals surface area contributed by atoms with Crippen molar-refractivity contribution in [3.8, 4) is 0 Å². The third-order valence-corrected chi connectivity index (χ3v) is 3.46. The van der Waals surface area contributed by atoms with Gasteiger partial charge >= 0.3 is 0 Å². The van der Waals surface area contributed by atoms with E-state index in [1.54, 1.807) is 0 Å². The second-order valence-electron chi connectivity index (χ2n) is 5.62. The highest BCUT2D eigenvalue weighted by molar-refractivity contribution is 5.78. The van der Waals surface area contributed by atoms with Crippen molar-refractivity contribution >= 4 is 11.8 Å². The standard InChI is InChI=1S/C17H26N2O2/c1-5-14-6-8-15(9-7-14)17(12(2)3)19-16(21)10-11-18-13(4)20/h6-9,12,17H,5,10-11H2,1-4H3,(H,18,20)(H,19,21)/t17-/m0/s1. The van der Waals surface area contributed by atoms with E-state index in [1.807, 2.05) is 0 Å². The Morgan fingerprint density at radius 3 is 2.24 bits per heavy atom. The Balaban J connectivity index is 2.64. The highest BCUT2D eigenvalue weighted by atomic mass is 16.2. The fourth-order valence-electron chi connectivity index (χ4n) is 2.19. The summed E-state index contributed by atoms with van der Waals surface area (Å²) in [5.41, 5.74) is 2.41. The fraction of sp³-hybridized carbons (Fsp3) is 0.529. The van der Waals surface area contributed by atoms with Gasteiger partial charge in [-0.25, -0.2) is 0 Å². The summed E-state index contributed by atoms with van der Waals surface area (Å²) >= 11 is 0. The van der Waals surface area contributed by atoms with Crippen LogP contribution in [0.5, 0.6) is 0 Å². The number of hydrogen-bond acceptors (Lipinski definition) is 2. The van der Waals surface area contributed by atoms with Gasteiger partial charge in [0.05, 0.1) is 6.04 Å². The van der Waals surface area contributed by atoms with Crippen LogP contribution in [0.25, 0.3) is 0 Å². The van der Waals surface area contributed by atoms with Crippen LogP contribution in [-0.4, -0.2) is 18.4 Å². The summed E-state index contributed by atoms with van der Waals surface area (Å²) in [5, 5.41) is 5.69. The van der Waals surface area contributed by atoms with Crippen molar-refractivity contribution in [2.45, 2.75) is 46.6 Å². The number of nitrogens with one attached hydrogen (secondary N) is 2. The van der Waals surface area contributed by atoms with Crippen molar-refractivity contribution in [3.05, 3.63) is 35.4 Å². The van der Waals surface area contributed by atoms with Crippen LogP contribution in [0.4, 0.5) is 0 Å². The molecule has 116 valence electrons. The molecule has 0 saturated heterocycles. The molecular weight excluding hydrogens is 264 g/mol. The van der Waals surface area contributed by atoms with Crippen LogP contribution in [0, 0.1) is 5.92 Å². The van der Waals surface area contributed by atoms with E-state index in [1.165, 1.54) is 12.5 Å². The largest absolute Gasteiger partial charge is 0.356 e. The van der Waals surface area contributed by atoms with Gasteiger partial charge in [-0.3, -0.25) is 9.59 Å². The van der Waals surface area contributed by atoms with Crippen LogP contribution in [0.2, 0.25) is 0 Å². The summed E-state index contributed by atoms with van der Waals surface area (Å²) in [6, 6.07) is 8.37. The maximum absolute atomic E-state index is 12.0. The van der Waals surface area contributed by atoms with Crippen LogP contribution < -0.4 is 10.6 Å². The van der Waals surface area contributed by atoms with Gasteiger partial charge in [-0.15, -0.1) is 0 Å². The number of benzene rings is 1. The predicted molar refractivity (Wildman–Crippen MR) is 84.8 cm³/mol. The Kier molecular flexibility index (Phi) is 6.92. The van der Waals surface area contributed by atoms with E-state index < -0.39 is 0 Å². The first-order chi connectivity index (χ1) is 9.93. The van der Waals surface area contributed by atoms with Crippen LogP contribution in [-0.2, 0) is 16.0 Å². The lowest BCUT2D eigenvalue weighted by atomic mass is 9.94. The van der Waals surface area contributed by atoms with Crippen LogP contribution >= 0.6 is 0 Å². The first-order valence-corrected chi connectivity index (χ1v) is 7.56. The topological polar surface area (TPSA) is 58.2 Å². The van der Waals surface area contributed by atoms with Gasteiger partial charge in [0.15, 0.2) is 0 Å². The zero-order valence-corrected chi connectivity index (χ0v) is 13.4. The highest BCUT2D eigenvalue weighted by Crippen LogP contribution is 2.22. The minimum Gasteiger partial charge on any atom is -0.356 e. The van der Waals surface area contributed by atoms with Gasteiger partial charge in [-0.2, -0.15) is 0 Å². The summed E-state index contributed by atoms with van der Waals surface area (Å²) in [6.07, 6.45) is 1.31. The average molecular weight is 290 g/mol. The molecule has 21 heavy (non-hydrogen) atoms.